The first-order valence-corrected chi connectivity index (χ1v) is 9.37. The summed E-state index contributed by atoms with van der Waals surface area (Å²) < 4.78 is 0. The van der Waals surface area contributed by atoms with Gasteiger partial charge in [0.25, 0.3) is 5.91 Å². The van der Waals surface area contributed by atoms with Crippen LogP contribution in [0.15, 0.2) is 72.8 Å². The number of benzene rings is 3. The van der Waals surface area contributed by atoms with Gasteiger partial charge in [0.1, 0.15) is 6.04 Å². The fourth-order valence-electron chi connectivity index (χ4n) is 3.52. The van der Waals surface area contributed by atoms with E-state index in [4.69, 9.17) is 5.26 Å². The largest absolute Gasteiger partial charge is 0.480 e. The predicted molar refractivity (Wildman–Crippen MR) is 113 cm³/mol. The van der Waals surface area contributed by atoms with E-state index >= 15 is 0 Å². The van der Waals surface area contributed by atoms with Crippen molar-refractivity contribution >= 4 is 33.7 Å². The van der Waals surface area contributed by atoms with E-state index in [1.807, 2.05) is 42.5 Å². The summed E-state index contributed by atoms with van der Waals surface area (Å²) in [6, 6.07) is 22.2. The number of amides is 1. The highest BCUT2D eigenvalue weighted by Gasteiger charge is 2.24. The summed E-state index contributed by atoms with van der Waals surface area (Å²) >= 11 is 0. The Bertz CT molecular complexity index is 1270. The normalized spacial score (nSPS) is 11.7. The first-order chi connectivity index (χ1) is 14.6. The molecular formula is C24H17N3O3. The molecule has 0 saturated carbocycles. The number of nitrogens with one attached hydrogen (secondary N) is 1. The van der Waals surface area contributed by atoms with Crippen molar-refractivity contribution in [3.05, 3.63) is 89.5 Å². The smallest absolute Gasteiger partial charge is 0.326 e. The Balaban J connectivity index is 1.73. The third-order valence-corrected chi connectivity index (χ3v) is 4.91. The van der Waals surface area contributed by atoms with Gasteiger partial charge in [0, 0.05) is 17.2 Å². The number of nitriles is 1. The summed E-state index contributed by atoms with van der Waals surface area (Å²) in [6.45, 7) is 0. The lowest BCUT2D eigenvalue weighted by atomic mass is 10.00. The van der Waals surface area contributed by atoms with Crippen LogP contribution in [-0.2, 0) is 11.2 Å². The van der Waals surface area contributed by atoms with Crippen molar-refractivity contribution < 1.29 is 14.7 Å². The van der Waals surface area contributed by atoms with Crippen molar-refractivity contribution in [2.75, 3.05) is 0 Å². The summed E-state index contributed by atoms with van der Waals surface area (Å²) in [4.78, 5) is 29.7. The van der Waals surface area contributed by atoms with Crippen molar-refractivity contribution in [3.63, 3.8) is 0 Å². The minimum absolute atomic E-state index is 0.0670. The zero-order valence-electron chi connectivity index (χ0n) is 15.9. The van der Waals surface area contributed by atoms with E-state index in [9.17, 15) is 14.7 Å². The molecule has 3 aromatic carbocycles. The lowest BCUT2D eigenvalue weighted by molar-refractivity contribution is -0.139. The van der Waals surface area contributed by atoms with Crippen molar-refractivity contribution in [2.45, 2.75) is 12.5 Å². The minimum atomic E-state index is -1.15. The minimum Gasteiger partial charge on any atom is -0.480 e. The van der Waals surface area contributed by atoms with Crippen LogP contribution in [0.2, 0.25) is 0 Å². The molecule has 1 aromatic heterocycles. The number of carbonyl (C=O) groups excluding carboxylic acids is 1. The standard InChI is InChI=1S/C24H17N3O3/c25-14-16-7-5-6-15(12-16)13-21(24(29)30)27-23(28)22-17-8-1-3-10-19(17)26-20-11-4-2-9-18(20)22/h1-12,21H,13H2,(H,27,28)(H,29,30)/t21-/m1/s1. The maximum Gasteiger partial charge on any atom is 0.326 e. The zero-order valence-corrected chi connectivity index (χ0v) is 15.9. The molecule has 0 unspecified atom stereocenters. The van der Waals surface area contributed by atoms with Crippen molar-refractivity contribution in [1.82, 2.24) is 10.3 Å². The van der Waals surface area contributed by atoms with Crippen LogP contribution in [0.25, 0.3) is 21.8 Å². The highest BCUT2D eigenvalue weighted by Crippen LogP contribution is 2.26. The van der Waals surface area contributed by atoms with Gasteiger partial charge in [-0.2, -0.15) is 5.26 Å². The molecule has 0 fully saturated rings. The van der Waals surface area contributed by atoms with Gasteiger partial charge < -0.3 is 10.4 Å². The molecule has 0 radical (unpaired) electrons. The lowest BCUT2D eigenvalue weighted by Crippen LogP contribution is -2.42. The van der Waals surface area contributed by atoms with E-state index in [-0.39, 0.29) is 6.42 Å². The number of aliphatic carboxylic acids is 1. The summed E-state index contributed by atoms with van der Waals surface area (Å²) in [7, 11) is 0. The topological polar surface area (TPSA) is 103 Å². The Labute approximate surface area is 172 Å². The van der Waals surface area contributed by atoms with Crippen LogP contribution in [-0.4, -0.2) is 28.0 Å². The molecule has 1 atom stereocenters. The third-order valence-electron chi connectivity index (χ3n) is 4.91. The quantitative estimate of drug-likeness (QED) is 0.502. The van der Waals surface area contributed by atoms with Crippen LogP contribution in [0, 0.1) is 11.3 Å². The molecule has 1 amide bonds. The average Bonchev–Trinajstić information content (AvgIpc) is 2.76. The molecule has 0 saturated heterocycles. The van der Waals surface area contributed by atoms with E-state index in [0.717, 1.165) is 0 Å². The Hall–Kier alpha value is -4.24. The third kappa shape index (κ3) is 3.69. The van der Waals surface area contributed by atoms with Crippen LogP contribution in [0.1, 0.15) is 21.5 Å². The number of fused-ring (bicyclic) bond motifs is 2. The molecule has 4 rings (SSSR count). The summed E-state index contributed by atoms with van der Waals surface area (Å²) in [5.41, 5.74) is 2.82. The number of carboxylic acid groups (broad SMARTS) is 1. The molecular weight excluding hydrogens is 378 g/mol. The van der Waals surface area contributed by atoms with Gasteiger partial charge in [-0.25, -0.2) is 9.78 Å². The number of carbonyl (C=O) groups is 2. The van der Waals surface area contributed by atoms with Crippen LogP contribution in [0.4, 0.5) is 0 Å². The van der Waals surface area contributed by atoms with Crippen LogP contribution >= 0.6 is 0 Å². The number of carboxylic acids is 1. The number of aromatic nitrogens is 1. The molecule has 6 nitrogen and oxygen atoms in total. The predicted octanol–water partition coefficient (Wildman–Crippen LogP) is 3.69. The Morgan fingerprint density at radius 1 is 0.967 bits per heavy atom. The highest BCUT2D eigenvalue weighted by atomic mass is 16.4. The van der Waals surface area contributed by atoms with Gasteiger partial charge in [0.15, 0.2) is 0 Å². The van der Waals surface area contributed by atoms with E-state index < -0.39 is 17.9 Å². The Kier molecular flexibility index (Phi) is 5.10. The molecule has 6 heteroatoms. The maximum atomic E-state index is 13.2. The molecule has 0 aliphatic carbocycles. The number of pyridine rings is 1. The van der Waals surface area contributed by atoms with Gasteiger partial charge in [-0.15, -0.1) is 0 Å². The average molecular weight is 395 g/mol. The number of nitrogens with zero attached hydrogens (tertiary/aromatic N) is 2. The fraction of sp³-hybridized carbons (Fsp3) is 0.0833. The lowest BCUT2D eigenvalue weighted by Gasteiger charge is -2.17. The molecule has 4 aromatic rings. The van der Waals surface area contributed by atoms with Crippen molar-refractivity contribution in [2.24, 2.45) is 0 Å². The molecule has 30 heavy (non-hydrogen) atoms. The molecule has 0 aliphatic rings. The van der Waals surface area contributed by atoms with Crippen molar-refractivity contribution in [1.29, 1.82) is 5.26 Å². The number of para-hydroxylation sites is 2. The van der Waals surface area contributed by atoms with Gasteiger partial charge in [0.2, 0.25) is 0 Å². The maximum absolute atomic E-state index is 13.2. The fourth-order valence-corrected chi connectivity index (χ4v) is 3.52. The van der Waals surface area contributed by atoms with E-state index in [0.29, 0.717) is 38.5 Å². The zero-order chi connectivity index (χ0) is 21.1. The van der Waals surface area contributed by atoms with Gasteiger partial charge in [-0.05, 0) is 29.8 Å². The molecule has 0 bridgehead atoms. The van der Waals surface area contributed by atoms with Crippen LogP contribution in [0.3, 0.4) is 0 Å². The second-order valence-electron chi connectivity index (χ2n) is 6.90. The van der Waals surface area contributed by atoms with Gasteiger partial charge in [-0.3, -0.25) is 4.79 Å². The van der Waals surface area contributed by atoms with Gasteiger partial charge >= 0.3 is 5.97 Å². The highest BCUT2D eigenvalue weighted by molar-refractivity contribution is 6.16. The number of rotatable bonds is 5. The number of hydrogen-bond donors (Lipinski definition) is 2. The number of hydrogen-bond acceptors (Lipinski definition) is 4. The molecule has 0 aliphatic heterocycles. The van der Waals surface area contributed by atoms with Crippen LogP contribution in [0.5, 0.6) is 0 Å². The summed E-state index contributed by atoms with van der Waals surface area (Å²) in [6.07, 6.45) is 0.0670. The molecule has 2 N–H and O–H groups in total. The van der Waals surface area contributed by atoms with Gasteiger partial charge in [0.05, 0.1) is 28.2 Å². The molecule has 146 valence electrons. The van der Waals surface area contributed by atoms with Gasteiger partial charge in [-0.1, -0.05) is 48.5 Å². The molecule has 0 spiro atoms. The van der Waals surface area contributed by atoms with E-state index in [2.05, 4.69) is 10.3 Å². The van der Waals surface area contributed by atoms with Crippen molar-refractivity contribution in [3.8, 4) is 6.07 Å². The first-order valence-electron chi connectivity index (χ1n) is 9.37. The molecule has 1 heterocycles. The second kappa shape index (κ2) is 8.02. The monoisotopic (exact) mass is 395 g/mol. The van der Waals surface area contributed by atoms with E-state index in [1.165, 1.54) is 0 Å². The SMILES string of the molecule is N#Cc1cccc(C[C@@H](NC(=O)c2c3ccccc3nc3ccccc23)C(=O)O)c1. The van der Waals surface area contributed by atoms with Crippen LogP contribution < -0.4 is 5.32 Å². The first kappa shape index (κ1) is 19.1. The summed E-state index contributed by atoms with van der Waals surface area (Å²) in [5.74, 6) is -1.62. The summed E-state index contributed by atoms with van der Waals surface area (Å²) in [5, 5.41) is 22.7. The second-order valence-corrected chi connectivity index (χ2v) is 6.90. The van der Waals surface area contributed by atoms with E-state index in [1.54, 1.807) is 36.4 Å². The Morgan fingerprint density at radius 2 is 1.60 bits per heavy atom. The Morgan fingerprint density at radius 3 is 2.20 bits per heavy atom.